The summed E-state index contributed by atoms with van der Waals surface area (Å²) in [7, 11) is 1.82. The second kappa shape index (κ2) is 5.29. The van der Waals surface area contributed by atoms with Gasteiger partial charge in [0, 0.05) is 38.1 Å². The SMILES string of the molecule is CNc1nccc(C2CNNC2c2cccnc2)n1. The molecule has 6 heteroatoms. The third-order valence-electron chi connectivity index (χ3n) is 3.31. The van der Waals surface area contributed by atoms with Gasteiger partial charge in [-0.25, -0.2) is 15.4 Å². The molecule has 19 heavy (non-hydrogen) atoms. The molecule has 0 bridgehead atoms. The van der Waals surface area contributed by atoms with Crippen molar-refractivity contribution in [2.24, 2.45) is 0 Å². The first kappa shape index (κ1) is 12.0. The van der Waals surface area contributed by atoms with E-state index in [4.69, 9.17) is 0 Å². The summed E-state index contributed by atoms with van der Waals surface area (Å²) in [6.07, 6.45) is 5.45. The lowest BCUT2D eigenvalue weighted by Crippen LogP contribution is -2.25. The monoisotopic (exact) mass is 256 g/mol. The highest BCUT2D eigenvalue weighted by Crippen LogP contribution is 2.31. The quantitative estimate of drug-likeness (QED) is 0.756. The first-order valence-corrected chi connectivity index (χ1v) is 6.27. The number of hydrogen-bond acceptors (Lipinski definition) is 6. The third-order valence-corrected chi connectivity index (χ3v) is 3.31. The van der Waals surface area contributed by atoms with E-state index in [0.717, 1.165) is 17.8 Å². The number of rotatable bonds is 3. The van der Waals surface area contributed by atoms with Crippen LogP contribution in [0.15, 0.2) is 36.8 Å². The fourth-order valence-electron chi connectivity index (χ4n) is 2.35. The van der Waals surface area contributed by atoms with E-state index in [1.54, 1.807) is 12.4 Å². The topological polar surface area (TPSA) is 74.8 Å². The molecule has 0 aliphatic carbocycles. The maximum absolute atomic E-state index is 4.53. The van der Waals surface area contributed by atoms with E-state index in [1.807, 2.05) is 25.4 Å². The third kappa shape index (κ3) is 2.40. The molecule has 6 nitrogen and oxygen atoms in total. The van der Waals surface area contributed by atoms with Crippen LogP contribution in [0, 0.1) is 0 Å². The molecule has 2 atom stereocenters. The van der Waals surface area contributed by atoms with Crippen LogP contribution in [0.5, 0.6) is 0 Å². The molecule has 0 aromatic carbocycles. The zero-order valence-electron chi connectivity index (χ0n) is 10.7. The highest BCUT2D eigenvalue weighted by Gasteiger charge is 2.30. The Balaban J connectivity index is 1.90. The van der Waals surface area contributed by atoms with Crippen LogP contribution in [0.2, 0.25) is 0 Å². The number of pyridine rings is 1. The molecule has 98 valence electrons. The summed E-state index contributed by atoms with van der Waals surface area (Å²) in [5.41, 5.74) is 8.66. The van der Waals surface area contributed by atoms with Crippen LogP contribution in [0.25, 0.3) is 0 Å². The molecule has 1 aliphatic heterocycles. The Bertz CT molecular complexity index is 544. The first-order chi connectivity index (χ1) is 9.38. The Morgan fingerprint density at radius 3 is 3.05 bits per heavy atom. The number of anilines is 1. The van der Waals surface area contributed by atoms with Gasteiger partial charge in [0.15, 0.2) is 0 Å². The number of nitrogens with one attached hydrogen (secondary N) is 3. The predicted molar refractivity (Wildman–Crippen MR) is 72.4 cm³/mol. The molecule has 3 N–H and O–H groups in total. The maximum atomic E-state index is 4.53. The van der Waals surface area contributed by atoms with Crippen LogP contribution in [0.1, 0.15) is 23.2 Å². The van der Waals surface area contributed by atoms with E-state index in [2.05, 4.69) is 37.2 Å². The molecule has 2 unspecified atom stereocenters. The Kier molecular flexibility index (Phi) is 3.35. The molecule has 1 saturated heterocycles. The van der Waals surface area contributed by atoms with Gasteiger partial charge in [-0.2, -0.15) is 0 Å². The van der Waals surface area contributed by atoms with Crippen molar-refractivity contribution in [2.75, 3.05) is 18.9 Å². The average Bonchev–Trinajstić information content (AvgIpc) is 2.98. The molecular weight excluding hydrogens is 240 g/mol. The van der Waals surface area contributed by atoms with Gasteiger partial charge < -0.3 is 5.32 Å². The van der Waals surface area contributed by atoms with E-state index in [-0.39, 0.29) is 12.0 Å². The Morgan fingerprint density at radius 2 is 2.26 bits per heavy atom. The van der Waals surface area contributed by atoms with Gasteiger partial charge >= 0.3 is 0 Å². The van der Waals surface area contributed by atoms with Crippen LogP contribution in [-0.4, -0.2) is 28.5 Å². The van der Waals surface area contributed by atoms with Crippen molar-refractivity contribution in [2.45, 2.75) is 12.0 Å². The summed E-state index contributed by atoms with van der Waals surface area (Å²) in [6, 6.07) is 6.16. The van der Waals surface area contributed by atoms with Gasteiger partial charge in [0.25, 0.3) is 0 Å². The second-order valence-corrected chi connectivity index (χ2v) is 4.45. The lowest BCUT2D eigenvalue weighted by molar-refractivity contribution is 0.547. The fraction of sp³-hybridized carbons (Fsp3) is 0.308. The minimum atomic E-state index is 0.174. The lowest BCUT2D eigenvalue weighted by atomic mass is 9.93. The van der Waals surface area contributed by atoms with Gasteiger partial charge in [-0.1, -0.05) is 6.07 Å². The standard InChI is InChI=1S/C13H16N6/c1-14-13-16-6-4-11(18-13)10-8-17-19-12(10)9-3-2-5-15-7-9/h2-7,10,12,17,19H,8H2,1H3,(H,14,16,18). The number of hydrogen-bond donors (Lipinski definition) is 3. The second-order valence-electron chi connectivity index (χ2n) is 4.45. The van der Waals surface area contributed by atoms with Gasteiger partial charge in [-0.05, 0) is 17.7 Å². The minimum Gasteiger partial charge on any atom is -0.357 e. The zero-order chi connectivity index (χ0) is 13.1. The van der Waals surface area contributed by atoms with E-state index < -0.39 is 0 Å². The molecule has 2 aromatic rings. The van der Waals surface area contributed by atoms with Crippen molar-refractivity contribution in [1.82, 2.24) is 25.8 Å². The molecule has 0 saturated carbocycles. The zero-order valence-corrected chi connectivity index (χ0v) is 10.7. The number of hydrazine groups is 1. The van der Waals surface area contributed by atoms with Crippen LogP contribution >= 0.6 is 0 Å². The summed E-state index contributed by atoms with van der Waals surface area (Å²) in [4.78, 5) is 12.9. The molecule has 0 spiro atoms. The van der Waals surface area contributed by atoms with Gasteiger partial charge in [0.05, 0.1) is 11.7 Å². The normalized spacial score (nSPS) is 22.4. The van der Waals surface area contributed by atoms with E-state index in [9.17, 15) is 0 Å². The molecule has 2 aromatic heterocycles. The fourth-order valence-corrected chi connectivity index (χ4v) is 2.35. The van der Waals surface area contributed by atoms with Crippen LogP contribution < -0.4 is 16.2 Å². The molecule has 0 radical (unpaired) electrons. The minimum absolute atomic E-state index is 0.174. The molecule has 1 fully saturated rings. The molecule has 3 rings (SSSR count). The van der Waals surface area contributed by atoms with Gasteiger partial charge in [-0.3, -0.25) is 10.4 Å². The summed E-state index contributed by atoms with van der Waals surface area (Å²) < 4.78 is 0. The van der Waals surface area contributed by atoms with Gasteiger partial charge in [-0.15, -0.1) is 0 Å². The summed E-state index contributed by atoms with van der Waals surface area (Å²) >= 11 is 0. The largest absolute Gasteiger partial charge is 0.357 e. The Labute approximate surface area is 111 Å². The van der Waals surface area contributed by atoms with Crippen LogP contribution in [-0.2, 0) is 0 Å². The maximum Gasteiger partial charge on any atom is 0.222 e. The Morgan fingerprint density at radius 1 is 1.32 bits per heavy atom. The first-order valence-electron chi connectivity index (χ1n) is 6.27. The summed E-state index contributed by atoms with van der Waals surface area (Å²) in [5.74, 6) is 0.911. The van der Waals surface area contributed by atoms with Gasteiger partial charge in [0.1, 0.15) is 0 Å². The van der Waals surface area contributed by atoms with E-state index in [0.29, 0.717) is 5.95 Å². The number of nitrogens with zero attached hydrogens (tertiary/aromatic N) is 3. The smallest absolute Gasteiger partial charge is 0.222 e. The molecule has 0 amide bonds. The Hall–Kier alpha value is -2.05. The predicted octanol–water partition coefficient (Wildman–Crippen LogP) is 0.846. The van der Waals surface area contributed by atoms with Crippen molar-refractivity contribution in [1.29, 1.82) is 0 Å². The van der Waals surface area contributed by atoms with Crippen molar-refractivity contribution >= 4 is 5.95 Å². The van der Waals surface area contributed by atoms with E-state index in [1.165, 1.54) is 0 Å². The van der Waals surface area contributed by atoms with Crippen molar-refractivity contribution in [3.8, 4) is 0 Å². The van der Waals surface area contributed by atoms with Gasteiger partial charge in [0.2, 0.25) is 5.95 Å². The molecular formula is C13H16N6. The highest BCUT2D eigenvalue weighted by molar-refractivity contribution is 5.29. The molecule has 3 heterocycles. The van der Waals surface area contributed by atoms with Crippen molar-refractivity contribution < 1.29 is 0 Å². The van der Waals surface area contributed by atoms with E-state index >= 15 is 0 Å². The number of aromatic nitrogens is 3. The lowest BCUT2D eigenvalue weighted by Gasteiger charge is -2.18. The van der Waals surface area contributed by atoms with Crippen molar-refractivity contribution in [3.63, 3.8) is 0 Å². The van der Waals surface area contributed by atoms with Crippen molar-refractivity contribution in [3.05, 3.63) is 48.0 Å². The summed E-state index contributed by atoms with van der Waals surface area (Å²) in [6.45, 7) is 0.833. The van der Waals surface area contributed by atoms with Crippen LogP contribution in [0.4, 0.5) is 5.95 Å². The summed E-state index contributed by atoms with van der Waals surface area (Å²) in [5, 5.41) is 2.97. The van der Waals surface area contributed by atoms with Crippen LogP contribution in [0.3, 0.4) is 0 Å². The average molecular weight is 256 g/mol. The highest BCUT2D eigenvalue weighted by atomic mass is 15.4. The molecule has 1 aliphatic rings.